The summed E-state index contributed by atoms with van der Waals surface area (Å²) in [6.45, 7) is 3.28. The van der Waals surface area contributed by atoms with E-state index in [1.165, 1.54) is 0 Å². The van der Waals surface area contributed by atoms with E-state index >= 15 is 0 Å². The highest BCUT2D eigenvalue weighted by atomic mass is 16.5. The molecule has 0 radical (unpaired) electrons. The van der Waals surface area contributed by atoms with E-state index in [-0.39, 0.29) is 17.9 Å². The third-order valence-electron chi connectivity index (χ3n) is 4.13. The predicted octanol–water partition coefficient (Wildman–Crippen LogP) is 1.64. The third-order valence-corrected chi connectivity index (χ3v) is 4.13. The van der Waals surface area contributed by atoms with Crippen LogP contribution in [0.15, 0.2) is 18.5 Å². The maximum absolute atomic E-state index is 12.3. The summed E-state index contributed by atoms with van der Waals surface area (Å²) in [5, 5.41) is 9.68. The van der Waals surface area contributed by atoms with Gasteiger partial charge in [-0.1, -0.05) is 0 Å². The van der Waals surface area contributed by atoms with E-state index in [2.05, 4.69) is 4.98 Å². The summed E-state index contributed by atoms with van der Waals surface area (Å²) in [5.74, 6) is 1.08. The Labute approximate surface area is 125 Å². The SMILES string of the molecule is COc1cncc(CCC(=O)N2CCCC(C(C)O)C2)c1. The largest absolute Gasteiger partial charge is 0.495 e. The first-order chi connectivity index (χ1) is 10.1. The second-order valence-corrected chi connectivity index (χ2v) is 5.72. The summed E-state index contributed by atoms with van der Waals surface area (Å²) in [6.07, 6.45) is 6.19. The Morgan fingerprint density at radius 2 is 2.38 bits per heavy atom. The van der Waals surface area contributed by atoms with Gasteiger partial charge < -0.3 is 14.7 Å². The van der Waals surface area contributed by atoms with Crippen LogP contribution in [0, 0.1) is 5.92 Å². The third kappa shape index (κ3) is 4.43. The number of carbonyl (C=O) groups is 1. The average molecular weight is 292 g/mol. The maximum atomic E-state index is 12.3. The van der Waals surface area contributed by atoms with Gasteiger partial charge in [-0.15, -0.1) is 0 Å². The molecule has 2 heterocycles. The number of hydrogen-bond donors (Lipinski definition) is 1. The van der Waals surface area contributed by atoms with E-state index < -0.39 is 0 Å². The topological polar surface area (TPSA) is 62.7 Å². The normalized spacial score (nSPS) is 20.1. The summed E-state index contributed by atoms with van der Waals surface area (Å²) in [7, 11) is 1.61. The van der Waals surface area contributed by atoms with Gasteiger partial charge in [-0.2, -0.15) is 0 Å². The number of aliphatic hydroxyl groups is 1. The molecule has 5 nitrogen and oxygen atoms in total. The smallest absolute Gasteiger partial charge is 0.222 e. The number of amides is 1. The van der Waals surface area contributed by atoms with Crippen LogP contribution in [0.5, 0.6) is 5.75 Å². The van der Waals surface area contributed by atoms with Crippen molar-refractivity contribution in [1.29, 1.82) is 0 Å². The van der Waals surface area contributed by atoms with E-state index in [9.17, 15) is 9.90 Å². The molecule has 116 valence electrons. The van der Waals surface area contributed by atoms with Crippen LogP contribution in [0.4, 0.5) is 0 Å². The number of carbonyl (C=O) groups excluding carboxylic acids is 1. The lowest BCUT2D eigenvalue weighted by molar-refractivity contribution is -0.133. The van der Waals surface area contributed by atoms with Crippen LogP contribution in [0.25, 0.3) is 0 Å². The molecule has 1 fully saturated rings. The highest BCUT2D eigenvalue weighted by molar-refractivity contribution is 5.76. The molecular formula is C16H24N2O3. The number of aromatic nitrogens is 1. The van der Waals surface area contributed by atoms with E-state index in [1.54, 1.807) is 26.4 Å². The van der Waals surface area contributed by atoms with Gasteiger partial charge in [0.2, 0.25) is 5.91 Å². The van der Waals surface area contributed by atoms with Crippen molar-refractivity contribution in [3.63, 3.8) is 0 Å². The summed E-state index contributed by atoms with van der Waals surface area (Å²) in [4.78, 5) is 18.3. The van der Waals surface area contributed by atoms with Crippen molar-refractivity contribution in [3.8, 4) is 5.75 Å². The minimum Gasteiger partial charge on any atom is -0.495 e. The molecule has 1 aromatic rings. The van der Waals surface area contributed by atoms with E-state index in [0.29, 0.717) is 25.1 Å². The number of ether oxygens (including phenoxy) is 1. The number of likely N-dealkylation sites (tertiary alicyclic amines) is 1. The summed E-state index contributed by atoms with van der Waals surface area (Å²) < 4.78 is 5.13. The number of nitrogens with zero attached hydrogens (tertiary/aromatic N) is 2. The fourth-order valence-electron chi connectivity index (χ4n) is 2.75. The summed E-state index contributed by atoms with van der Waals surface area (Å²) >= 11 is 0. The van der Waals surface area contributed by atoms with Crippen LogP contribution in [0.1, 0.15) is 31.7 Å². The van der Waals surface area contributed by atoms with Gasteiger partial charge in [0.25, 0.3) is 0 Å². The van der Waals surface area contributed by atoms with E-state index in [1.807, 2.05) is 11.0 Å². The van der Waals surface area contributed by atoms with E-state index in [4.69, 9.17) is 4.74 Å². The zero-order valence-corrected chi connectivity index (χ0v) is 12.8. The molecule has 2 unspecified atom stereocenters. The second kappa shape index (κ2) is 7.41. The number of piperidine rings is 1. The fourth-order valence-corrected chi connectivity index (χ4v) is 2.75. The van der Waals surface area contributed by atoms with Crippen LogP contribution in [0.2, 0.25) is 0 Å². The molecule has 2 rings (SSSR count). The number of aliphatic hydroxyl groups excluding tert-OH is 1. The van der Waals surface area contributed by atoms with Gasteiger partial charge in [0.1, 0.15) is 5.75 Å². The second-order valence-electron chi connectivity index (χ2n) is 5.72. The van der Waals surface area contributed by atoms with Crippen molar-refractivity contribution in [1.82, 2.24) is 9.88 Å². The van der Waals surface area contributed by atoms with E-state index in [0.717, 1.165) is 24.9 Å². The van der Waals surface area contributed by atoms with Crippen molar-refractivity contribution >= 4 is 5.91 Å². The molecule has 1 saturated heterocycles. The Balaban J connectivity index is 1.86. The molecule has 1 N–H and O–H groups in total. The Kier molecular flexibility index (Phi) is 5.56. The molecule has 1 aliphatic rings. The lowest BCUT2D eigenvalue weighted by Crippen LogP contribution is -2.43. The number of pyridine rings is 1. The van der Waals surface area contributed by atoms with Crippen LogP contribution in [0.3, 0.4) is 0 Å². The highest BCUT2D eigenvalue weighted by Gasteiger charge is 2.26. The van der Waals surface area contributed by atoms with Crippen molar-refractivity contribution in [2.45, 2.75) is 38.7 Å². The number of hydrogen-bond acceptors (Lipinski definition) is 4. The van der Waals surface area contributed by atoms with Gasteiger partial charge in [-0.25, -0.2) is 0 Å². The van der Waals surface area contributed by atoms with Crippen molar-refractivity contribution < 1.29 is 14.6 Å². The van der Waals surface area contributed by atoms with Crippen LogP contribution >= 0.6 is 0 Å². The van der Waals surface area contributed by atoms with Crippen LogP contribution in [-0.2, 0) is 11.2 Å². The number of rotatable bonds is 5. The molecule has 0 saturated carbocycles. The molecule has 1 aliphatic heterocycles. The molecule has 1 amide bonds. The Bertz CT molecular complexity index is 476. The van der Waals surface area contributed by atoms with Gasteiger partial charge in [0.15, 0.2) is 0 Å². The van der Waals surface area contributed by atoms with Gasteiger partial charge in [-0.3, -0.25) is 9.78 Å². The Morgan fingerprint density at radius 3 is 3.10 bits per heavy atom. The molecule has 2 atom stereocenters. The maximum Gasteiger partial charge on any atom is 0.222 e. The quantitative estimate of drug-likeness (QED) is 0.896. The standard InChI is InChI=1S/C16H24N2O3/c1-12(19)14-4-3-7-18(11-14)16(20)6-5-13-8-15(21-2)10-17-9-13/h8-10,12,14,19H,3-7,11H2,1-2H3. The molecule has 21 heavy (non-hydrogen) atoms. The molecule has 0 bridgehead atoms. The predicted molar refractivity (Wildman–Crippen MR) is 80.1 cm³/mol. The Morgan fingerprint density at radius 1 is 1.57 bits per heavy atom. The molecule has 0 aromatic carbocycles. The number of aryl methyl sites for hydroxylation is 1. The van der Waals surface area contributed by atoms with Gasteiger partial charge in [-0.05, 0) is 37.8 Å². The first-order valence-corrected chi connectivity index (χ1v) is 7.54. The van der Waals surface area contributed by atoms with Crippen molar-refractivity contribution in [3.05, 3.63) is 24.0 Å². The monoisotopic (exact) mass is 292 g/mol. The minimum absolute atomic E-state index is 0.156. The van der Waals surface area contributed by atoms with Crippen LogP contribution < -0.4 is 4.74 Å². The molecule has 0 aliphatic carbocycles. The van der Waals surface area contributed by atoms with Gasteiger partial charge >= 0.3 is 0 Å². The lowest BCUT2D eigenvalue weighted by Gasteiger charge is -2.34. The first-order valence-electron chi connectivity index (χ1n) is 7.54. The zero-order chi connectivity index (χ0) is 15.2. The Hall–Kier alpha value is -1.62. The average Bonchev–Trinajstić information content (AvgIpc) is 2.53. The van der Waals surface area contributed by atoms with Crippen LogP contribution in [-0.4, -0.2) is 47.2 Å². The molecular weight excluding hydrogens is 268 g/mol. The van der Waals surface area contributed by atoms with Gasteiger partial charge in [0, 0.05) is 31.6 Å². The lowest BCUT2D eigenvalue weighted by atomic mass is 9.93. The summed E-state index contributed by atoms with van der Waals surface area (Å²) in [5.41, 5.74) is 1.01. The number of methoxy groups -OCH3 is 1. The first kappa shape index (κ1) is 15.8. The highest BCUT2D eigenvalue weighted by Crippen LogP contribution is 2.21. The summed E-state index contributed by atoms with van der Waals surface area (Å²) in [6, 6.07) is 1.91. The van der Waals surface area contributed by atoms with Gasteiger partial charge in [0.05, 0.1) is 19.4 Å². The zero-order valence-electron chi connectivity index (χ0n) is 12.8. The molecule has 1 aromatic heterocycles. The fraction of sp³-hybridized carbons (Fsp3) is 0.625. The van der Waals surface area contributed by atoms with Crippen molar-refractivity contribution in [2.75, 3.05) is 20.2 Å². The molecule has 5 heteroatoms. The minimum atomic E-state index is -0.344. The van der Waals surface area contributed by atoms with Crippen molar-refractivity contribution in [2.24, 2.45) is 5.92 Å². The molecule has 0 spiro atoms.